The van der Waals surface area contributed by atoms with Crippen molar-refractivity contribution in [1.29, 1.82) is 0 Å². The maximum atomic E-state index is 12.9. The monoisotopic (exact) mass is 404 g/mol. The zero-order chi connectivity index (χ0) is 21.1. The number of carbonyl (C=O) groups is 1. The zero-order valence-electron chi connectivity index (χ0n) is 17.1. The summed E-state index contributed by atoms with van der Waals surface area (Å²) in [5, 5.41) is 0. The van der Waals surface area contributed by atoms with Gasteiger partial charge in [-0.2, -0.15) is 0 Å². The van der Waals surface area contributed by atoms with Gasteiger partial charge >= 0.3 is 0 Å². The predicted molar refractivity (Wildman–Crippen MR) is 115 cm³/mol. The van der Waals surface area contributed by atoms with Crippen molar-refractivity contribution < 1.29 is 4.79 Å². The maximum Gasteiger partial charge on any atom is 0.255 e. The van der Waals surface area contributed by atoms with Gasteiger partial charge in [0.05, 0.1) is 11.3 Å². The van der Waals surface area contributed by atoms with E-state index in [0.29, 0.717) is 24.5 Å². The quantitative estimate of drug-likeness (QED) is 0.717. The first-order chi connectivity index (χ1) is 14.5. The molecule has 1 atom stereocenters. The van der Waals surface area contributed by atoms with Crippen molar-refractivity contribution in [3.63, 3.8) is 0 Å². The van der Waals surface area contributed by atoms with Crippen LogP contribution in [0.25, 0.3) is 11.4 Å². The molecule has 8 nitrogen and oxygen atoms in total. The summed E-state index contributed by atoms with van der Waals surface area (Å²) >= 11 is 0. The number of nitrogens with one attached hydrogen (secondary N) is 1. The molecule has 154 valence electrons. The number of piperidine rings is 1. The highest BCUT2D eigenvalue weighted by Gasteiger charge is 2.27. The Kier molecular flexibility index (Phi) is 5.56. The molecule has 4 rings (SSSR count). The minimum atomic E-state index is -0.219. The molecular weight excluding hydrogens is 380 g/mol. The van der Waals surface area contributed by atoms with Crippen molar-refractivity contribution in [2.45, 2.75) is 18.8 Å². The number of rotatable bonds is 4. The first kappa shape index (κ1) is 19.8. The molecule has 1 amide bonds. The number of likely N-dealkylation sites (tertiary alicyclic amines) is 1. The van der Waals surface area contributed by atoms with Gasteiger partial charge in [-0.05, 0) is 31.0 Å². The zero-order valence-corrected chi connectivity index (χ0v) is 17.1. The lowest BCUT2D eigenvalue weighted by Gasteiger charge is -2.33. The number of nitrogens with zero attached hydrogens (tertiary/aromatic N) is 5. The van der Waals surface area contributed by atoms with Gasteiger partial charge in [-0.25, -0.2) is 9.97 Å². The lowest BCUT2D eigenvalue weighted by molar-refractivity contribution is 0.0705. The van der Waals surface area contributed by atoms with Gasteiger partial charge < -0.3 is 14.8 Å². The summed E-state index contributed by atoms with van der Waals surface area (Å²) in [6.45, 7) is 1.27. The molecule has 0 spiro atoms. The molecule has 4 heterocycles. The number of hydrogen-bond donors (Lipinski definition) is 1. The normalized spacial score (nSPS) is 16.3. The minimum Gasteiger partial charge on any atom is -0.363 e. The van der Waals surface area contributed by atoms with E-state index < -0.39 is 0 Å². The fourth-order valence-electron chi connectivity index (χ4n) is 3.64. The van der Waals surface area contributed by atoms with Crippen LogP contribution in [0, 0.1) is 0 Å². The van der Waals surface area contributed by atoms with Crippen LogP contribution >= 0.6 is 0 Å². The van der Waals surface area contributed by atoms with E-state index in [1.165, 1.54) is 12.3 Å². The van der Waals surface area contributed by atoms with E-state index in [4.69, 9.17) is 4.98 Å². The molecule has 0 radical (unpaired) electrons. The average molecular weight is 404 g/mol. The Hall–Kier alpha value is -3.55. The summed E-state index contributed by atoms with van der Waals surface area (Å²) in [5.74, 6) is 1.49. The molecule has 0 unspecified atom stereocenters. The van der Waals surface area contributed by atoms with E-state index >= 15 is 0 Å². The number of pyridine rings is 2. The third-order valence-corrected chi connectivity index (χ3v) is 5.27. The highest BCUT2D eigenvalue weighted by molar-refractivity contribution is 5.94. The van der Waals surface area contributed by atoms with Crippen LogP contribution in [0.1, 0.15) is 34.8 Å². The van der Waals surface area contributed by atoms with Crippen LogP contribution in [0.5, 0.6) is 0 Å². The third kappa shape index (κ3) is 4.22. The van der Waals surface area contributed by atoms with Gasteiger partial charge in [0.15, 0.2) is 5.82 Å². The van der Waals surface area contributed by atoms with Crippen molar-refractivity contribution >= 4 is 11.7 Å². The fourth-order valence-corrected chi connectivity index (χ4v) is 3.64. The molecular formula is C22H24N6O2. The maximum absolute atomic E-state index is 12.9. The topological polar surface area (TPSA) is 95.1 Å². The minimum absolute atomic E-state index is 0.0784. The molecule has 3 aromatic rings. The summed E-state index contributed by atoms with van der Waals surface area (Å²) in [4.78, 5) is 44.2. The van der Waals surface area contributed by atoms with Crippen molar-refractivity contribution in [3.8, 4) is 11.4 Å². The molecule has 3 aromatic heterocycles. The van der Waals surface area contributed by atoms with Gasteiger partial charge in [-0.3, -0.25) is 14.6 Å². The Bertz CT molecular complexity index is 1080. The second-order valence-electron chi connectivity index (χ2n) is 7.64. The van der Waals surface area contributed by atoms with Gasteiger partial charge in [-0.15, -0.1) is 0 Å². The number of anilines is 1. The van der Waals surface area contributed by atoms with Crippen molar-refractivity contribution in [2.24, 2.45) is 0 Å². The number of hydrogen-bond acceptors (Lipinski definition) is 6. The van der Waals surface area contributed by atoms with E-state index in [2.05, 4.69) is 15.0 Å². The molecule has 0 bridgehead atoms. The van der Waals surface area contributed by atoms with Gasteiger partial charge in [0.1, 0.15) is 5.82 Å². The molecule has 8 heteroatoms. The summed E-state index contributed by atoms with van der Waals surface area (Å²) in [6.07, 6.45) is 6.80. The van der Waals surface area contributed by atoms with E-state index in [-0.39, 0.29) is 17.4 Å². The van der Waals surface area contributed by atoms with Crippen molar-refractivity contribution in [1.82, 2.24) is 24.8 Å². The van der Waals surface area contributed by atoms with E-state index in [1.807, 2.05) is 42.1 Å². The Morgan fingerprint density at radius 3 is 2.80 bits per heavy atom. The van der Waals surface area contributed by atoms with Crippen LogP contribution in [0.15, 0.2) is 53.7 Å². The second-order valence-corrected chi connectivity index (χ2v) is 7.64. The van der Waals surface area contributed by atoms with E-state index in [0.717, 1.165) is 29.9 Å². The Balaban J connectivity index is 1.62. The molecule has 0 aliphatic carbocycles. The van der Waals surface area contributed by atoms with Gasteiger partial charge in [-0.1, -0.05) is 0 Å². The number of H-pyrrole nitrogens is 1. The fraction of sp³-hybridized carbons (Fsp3) is 0.318. The highest BCUT2D eigenvalue weighted by atomic mass is 16.2. The standard InChI is InChI=1S/C22H24N6O2/c1-27(2)19-11-18(25-21(26-19)15-5-3-9-23-12-15)17-6-4-10-28(14-17)22(30)16-7-8-20(29)24-13-16/h3,5,7-9,11-13,17H,4,6,10,14H2,1-2H3,(H,24,29)/t17-/m1/s1. The molecule has 1 aliphatic heterocycles. The molecule has 1 fully saturated rings. The van der Waals surface area contributed by atoms with Crippen LogP contribution < -0.4 is 10.5 Å². The summed E-state index contributed by atoms with van der Waals surface area (Å²) in [6, 6.07) is 8.76. The van der Waals surface area contributed by atoms with Gasteiger partial charge in [0.2, 0.25) is 5.56 Å². The van der Waals surface area contributed by atoms with E-state index in [1.54, 1.807) is 18.5 Å². The Labute approximate surface area is 174 Å². The van der Waals surface area contributed by atoms with Crippen LogP contribution in [0.3, 0.4) is 0 Å². The highest BCUT2D eigenvalue weighted by Crippen LogP contribution is 2.30. The predicted octanol–water partition coefficient (Wildman–Crippen LogP) is 2.31. The molecule has 1 N–H and O–H groups in total. The summed E-state index contributed by atoms with van der Waals surface area (Å²) < 4.78 is 0. The van der Waals surface area contributed by atoms with Crippen LogP contribution in [0.4, 0.5) is 5.82 Å². The van der Waals surface area contributed by atoms with Crippen LogP contribution in [0.2, 0.25) is 0 Å². The third-order valence-electron chi connectivity index (χ3n) is 5.27. The van der Waals surface area contributed by atoms with E-state index in [9.17, 15) is 9.59 Å². The lowest BCUT2D eigenvalue weighted by Crippen LogP contribution is -2.39. The van der Waals surface area contributed by atoms with Crippen molar-refractivity contribution in [3.05, 3.63) is 70.5 Å². The molecule has 30 heavy (non-hydrogen) atoms. The molecule has 0 saturated carbocycles. The number of aromatic nitrogens is 4. The number of aromatic amines is 1. The van der Waals surface area contributed by atoms with Gasteiger partial charge in [0.25, 0.3) is 5.91 Å². The Morgan fingerprint density at radius 2 is 2.10 bits per heavy atom. The Morgan fingerprint density at radius 1 is 1.23 bits per heavy atom. The summed E-state index contributed by atoms with van der Waals surface area (Å²) in [5.41, 5.74) is 2.05. The molecule has 0 aromatic carbocycles. The van der Waals surface area contributed by atoms with Crippen LogP contribution in [-0.4, -0.2) is 57.9 Å². The SMILES string of the molecule is CN(C)c1cc([C@@H]2CCCN(C(=O)c3ccc(=O)[nH]c3)C2)nc(-c2cccnc2)n1. The lowest BCUT2D eigenvalue weighted by atomic mass is 9.93. The average Bonchev–Trinajstić information content (AvgIpc) is 2.79. The second kappa shape index (κ2) is 8.44. The molecule has 1 aliphatic rings. The first-order valence-corrected chi connectivity index (χ1v) is 9.96. The number of carbonyl (C=O) groups excluding carboxylic acids is 1. The smallest absolute Gasteiger partial charge is 0.255 e. The van der Waals surface area contributed by atoms with Gasteiger partial charge in [0, 0.05) is 69.4 Å². The van der Waals surface area contributed by atoms with Crippen LogP contribution in [-0.2, 0) is 0 Å². The van der Waals surface area contributed by atoms with Crippen molar-refractivity contribution in [2.75, 3.05) is 32.1 Å². The number of amides is 1. The molecule has 1 saturated heterocycles. The largest absolute Gasteiger partial charge is 0.363 e. The summed E-state index contributed by atoms with van der Waals surface area (Å²) in [7, 11) is 3.90. The first-order valence-electron chi connectivity index (χ1n) is 9.96.